The van der Waals surface area contributed by atoms with Crippen molar-refractivity contribution in [2.24, 2.45) is 5.73 Å². The van der Waals surface area contributed by atoms with Gasteiger partial charge in [-0.25, -0.2) is 0 Å². The van der Waals surface area contributed by atoms with Crippen molar-refractivity contribution in [3.63, 3.8) is 0 Å². The average molecular weight is 226 g/mol. The maximum absolute atomic E-state index is 5.90. The highest BCUT2D eigenvalue weighted by atomic mass is 32.1. The van der Waals surface area contributed by atoms with E-state index in [0.717, 1.165) is 6.54 Å². The highest BCUT2D eigenvalue weighted by molar-refractivity contribution is 7.07. The van der Waals surface area contributed by atoms with Gasteiger partial charge in [0.25, 0.3) is 0 Å². The molecule has 3 heteroatoms. The predicted molar refractivity (Wildman–Crippen MR) is 68.2 cm³/mol. The summed E-state index contributed by atoms with van der Waals surface area (Å²) in [6.07, 6.45) is 1.18. The molecule has 0 aliphatic carbocycles. The van der Waals surface area contributed by atoms with Gasteiger partial charge in [-0.15, -0.1) is 0 Å². The van der Waals surface area contributed by atoms with Crippen molar-refractivity contribution in [3.05, 3.63) is 22.4 Å². The smallest absolute Gasteiger partial charge is 0.0481 e. The standard InChI is InChI=1S/C12H22N2S/c1-4-6-14(10(2)3)12(8-13)11-5-7-15-9-11/h5,7,9-10,12H,4,6,8,13H2,1-3H3. The first-order valence-electron chi connectivity index (χ1n) is 5.68. The Labute approximate surface area is 97.1 Å². The molecule has 1 aromatic heterocycles. The molecule has 1 atom stereocenters. The van der Waals surface area contributed by atoms with Gasteiger partial charge in [0.15, 0.2) is 0 Å². The molecule has 0 radical (unpaired) electrons. The van der Waals surface area contributed by atoms with Crippen molar-refractivity contribution in [2.75, 3.05) is 13.1 Å². The van der Waals surface area contributed by atoms with Crippen LogP contribution in [0.15, 0.2) is 16.8 Å². The highest BCUT2D eigenvalue weighted by Gasteiger charge is 2.20. The van der Waals surface area contributed by atoms with Gasteiger partial charge in [-0.3, -0.25) is 4.90 Å². The van der Waals surface area contributed by atoms with Crippen molar-refractivity contribution in [3.8, 4) is 0 Å². The maximum atomic E-state index is 5.90. The number of hydrogen-bond acceptors (Lipinski definition) is 3. The van der Waals surface area contributed by atoms with E-state index in [-0.39, 0.29) is 0 Å². The average Bonchev–Trinajstić information content (AvgIpc) is 2.71. The fourth-order valence-corrected chi connectivity index (χ4v) is 2.67. The van der Waals surface area contributed by atoms with E-state index in [1.54, 1.807) is 11.3 Å². The highest BCUT2D eigenvalue weighted by Crippen LogP contribution is 2.24. The Balaban J connectivity index is 2.78. The van der Waals surface area contributed by atoms with Gasteiger partial charge in [-0.1, -0.05) is 6.92 Å². The van der Waals surface area contributed by atoms with Gasteiger partial charge < -0.3 is 5.73 Å². The zero-order chi connectivity index (χ0) is 11.3. The summed E-state index contributed by atoms with van der Waals surface area (Å²) in [7, 11) is 0. The monoisotopic (exact) mass is 226 g/mol. The predicted octanol–water partition coefficient (Wildman–Crippen LogP) is 2.87. The fraction of sp³-hybridized carbons (Fsp3) is 0.667. The fourth-order valence-electron chi connectivity index (χ4n) is 1.96. The second kappa shape index (κ2) is 6.26. The second-order valence-corrected chi connectivity index (χ2v) is 4.92. The zero-order valence-corrected chi connectivity index (χ0v) is 10.8. The minimum Gasteiger partial charge on any atom is -0.329 e. The molecule has 0 amide bonds. The van der Waals surface area contributed by atoms with Crippen LogP contribution < -0.4 is 5.73 Å². The quantitative estimate of drug-likeness (QED) is 0.808. The van der Waals surface area contributed by atoms with Crippen LogP contribution in [0.3, 0.4) is 0 Å². The lowest BCUT2D eigenvalue weighted by molar-refractivity contribution is 0.157. The molecular weight excluding hydrogens is 204 g/mol. The summed E-state index contributed by atoms with van der Waals surface area (Å²) in [5.74, 6) is 0. The summed E-state index contributed by atoms with van der Waals surface area (Å²) >= 11 is 1.75. The molecule has 0 saturated heterocycles. The molecule has 0 aliphatic rings. The second-order valence-electron chi connectivity index (χ2n) is 4.14. The van der Waals surface area contributed by atoms with Gasteiger partial charge in [-0.2, -0.15) is 11.3 Å². The molecule has 1 aromatic rings. The first kappa shape index (κ1) is 12.7. The number of rotatable bonds is 6. The number of thiophene rings is 1. The summed E-state index contributed by atoms with van der Waals surface area (Å²) in [6, 6.07) is 3.13. The van der Waals surface area contributed by atoms with E-state index in [0.29, 0.717) is 18.6 Å². The van der Waals surface area contributed by atoms with Crippen LogP contribution in [-0.4, -0.2) is 24.0 Å². The van der Waals surface area contributed by atoms with Crippen molar-refractivity contribution >= 4 is 11.3 Å². The van der Waals surface area contributed by atoms with Gasteiger partial charge >= 0.3 is 0 Å². The lowest BCUT2D eigenvalue weighted by Gasteiger charge is -2.33. The number of hydrogen-bond donors (Lipinski definition) is 1. The van der Waals surface area contributed by atoms with Crippen molar-refractivity contribution in [1.29, 1.82) is 0 Å². The summed E-state index contributed by atoms with van der Waals surface area (Å²) in [5, 5.41) is 4.34. The summed E-state index contributed by atoms with van der Waals surface area (Å²) < 4.78 is 0. The van der Waals surface area contributed by atoms with E-state index in [9.17, 15) is 0 Å². The summed E-state index contributed by atoms with van der Waals surface area (Å²) in [5.41, 5.74) is 7.26. The molecule has 0 saturated carbocycles. The molecule has 1 heterocycles. The number of nitrogens with two attached hydrogens (primary N) is 1. The molecule has 0 aromatic carbocycles. The third-order valence-electron chi connectivity index (χ3n) is 2.70. The van der Waals surface area contributed by atoms with Crippen LogP contribution in [0, 0.1) is 0 Å². The van der Waals surface area contributed by atoms with Crippen LogP contribution in [0.25, 0.3) is 0 Å². The Bertz CT molecular complexity index is 257. The minimum absolute atomic E-state index is 0.385. The van der Waals surface area contributed by atoms with Gasteiger partial charge in [0.1, 0.15) is 0 Å². The minimum atomic E-state index is 0.385. The molecule has 0 aliphatic heterocycles. The van der Waals surface area contributed by atoms with Crippen molar-refractivity contribution in [1.82, 2.24) is 4.90 Å². The van der Waals surface area contributed by atoms with E-state index < -0.39 is 0 Å². The molecule has 0 fully saturated rings. The molecular formula is C12H22N2S. The number of nitrogens with zero attached hydrogens (tertiary/aromatic N) is 1. The van der Waals surface area contributed by atoms with Gasteiger partial charge in [0.05, 0.1) is 0 Å². The molecule has 1 rings (SSSR count). The van der Waals surface area contributed by atoms with Gasteiger partial charge in [0.2, 0.25) is 0 Å². The van der Waals surface area contributed by atoms with E-state index in [1.165, 1.54) is 12.0 Å². The molecule has 0 spiro atoms. The molecule has 15 heavy (non-hydrogen) atoms. The van der Waals surface area contributed by atoms with Crippen LogP contribution in [0.4, 0.5) is 0 Å². The topological polar surface area (TPSA) is 29.3 Å². The molecule has 0 bridgehead atoms. The molecule has 2 N–H and O–H groups in total. The largest absolute Gasteiger partial charge is 0.329 e. The van der Waals surface area contributed by atoms with Crippen LogP contribution >= 0.6 is 11.3 Å². The Morgan fingerprint density at radius 1 is 1.47 bits per heavy atom. The Kier molecular flexibility index (Phi) is 5.29. The Morgan fingerprint density at radius 3 is 2.60 bits per heavy atom. The Morgan fingerprint density at radius 2 is 2.20 bits per heavy atom. The molecule has 2 nitrogen and oxygen atoms in total. The van der Waals surface area contributed by atoms with Gasteiger partial charge in [0, 0.05) is 18.6 Å². The normalized spacial score (nSPS) is 13.7. The molecule has 1 unspecified atom stereocenters. The van der Waals surface area contributed by atoms with Crippen molar-refractivity contribution < 1.29 is 0 Å². The summed E-state index contributed by atoms with van der Waals surface area (Å²) in [4.78, 5) is 2.49. The van der Waals surface area contributed by atoms with Crippen molar-refractivity contribution in [2.45, 2.75) is 39.3 Å². The third-order valence-corrected chi connectivity index (χ3v) is 3.40. The lowest BCUT2D eigenvalue weighted by Crippen LogP contribution is -2.39. The third kappa shape index (κ3) is 3.30. The van der Waals surface area contributed by atoms with Crippen LogP contribution in [0.2, 0.25) is 0 Å². The summed E-state index contributed by atoms with van der Waals surface area (Å²) in [6.45, 7) is 8.52. The van der Waals surface area contributed by atoms with Crippen LogP contribution in [0.1, 0.15) is 38.8 Å². The van der Waals surface area contributed by atoms with E-state index in [4.69, 9.17) is 5.73 Å². The first-order chi connectivity index (χ1) is 7.20. The first-order valence-corrected chi connectivity index (χ1v) is 6.62. The van der Waals surface area contributed by atoms with Gasteiger partial charge in [-0.05, 0) is 49.2 Å². The SMILES string of the molecule is CCCN(C(C)C)C(CN)c1ccsc1. The van der Waals surface area contributed by atoms with Crippen LogP contribution in [0.5, 0.6) is 0 Å². The van der Waals surface area contributed by atoms with E-state index in [1.807, 2.05) is 0 Å². The van der Waals surface area contributed by atoms with Crippen LogP contribution in [-0.2, 0) is 0 Å². The lowest BCUT2D eigenvalue weighted by atomic mass is 10.1. The van der Waals surface area contributed by atoms with E-state index in [2.05, 4.69) is 42.5 Å². The Hall–Kier alpha value is -0.380. The van der Waals surface area contributed by atoms with E-state index >= 15 is 0 Å². The molecule has 86 valence electrons. The maximum Gasteiger partial charge on any atom is 0.0481 e. The zero-order valence-electron chi connectivity index (χ0n) is 9.94.